The summed E-state index contributed by atoms with van der Waals surface area (Å²) in [6.07, 6.45) is 2.60. The van der Waals surface area contributed by atoms with E-state index in [-0.39, 0.29) is 5.91 Å². The molecule has 0 aliphatic carbocycles. The fourth-order valence-electron chi connectivity index (χ4n) is 4.31. The molecule has 0 saturated carbocycles. The minimum absolute atomic E-state index is 0.0925. The van der Waals surface area contributed by atoms with E-state index in [2.05, 4.69) is 55.7 Å². The highest BCUT2D eigenvalue weighted by Crippen LogP contribution is 2.38. The quantitative estimate of drug-likeness (QED) is 0.448. The maximum atomic E-state index is 13.0. The predicted molar refractivity (Wildman–Crippen MR) is 131 cm³/mol. The molecule has 3 aromatic carbocycles. The average molecular weight is 474 g/mol. The molecule has 5 rings (SSSR count). The summed E-state index contributed by atoms with van der Waals surface area (Å²) in [5.41, 5.74) is 6.46. The van der Waals surface area contributed by atoms with Crippen molar-refractivity contribution in [1.82, 2.24) is 4.90 Å². The van der Waals surface area contributed by atoms with Crippen LogP contribution < -0.4 is 10.6 Å². The molecule has 0 radical (unpaired) electrons. The van der Waals surface area contributed by atoms with Crippen molar-refractivity contribution >= 4 is 44.5 Å². The highest BCUT2D eigenvalue weighted by atomic mass is 79.9. The van der Waals surface area contributed by atoms with Crippen molar-refractivity contribution in [2.75, 3.05) is 23.7 Å². The zero-order chi connectivity index (χ0) is 21.2. The second-order valence-electron chi connectivity index (χ2n) is 8.07. The van der Waals surface area contributed by atoms with Crippen LogP contribution in [-0.2, 0) is 11.3 Å². The smallest absolute Gasteiger partial charge is 0.258 e. The molecular formula is C26H24BrN3O. The summed E-state index contributed by atoms with van der Waals surface area (Å²) >= 11 is 3.49. The molecular weight excluding hydrogens is 450 g/mol. The zero-order valence-electron chi connectivity index (χ0n) is 17.2. The van der Waals surface area contributed by atoms with Crippen molar-refractivity contribution in [3.8, 4) is 0 Å². The van der Waals surface area contributed by atoms with Crippen LogP contribution in [0.2, 0.25) is 0 Å². The molecule has 31 heavy (non-hydrogen) atoms. The number of benzene rings is 3. The highest BCUT2D eigenvalue weighted by Gasteiger charge is 2.28. The van der Waals surface area contributed by atoms with Crippen LogP contribution in [0.1, 0.15) is 29.5 Å². The normalized spacial score (nSPS) is 17.4. The van der Waals surface area contributed by atoms with E-state index in [9.17, 15) is 4.79 Å². The number of amides is 1. The van der Waals surface area contributed by atoms with Crippen molar-refractivity contribution in [2.45, 2.75) is 19.4 Å². The van der Waals surface area contributed by atoms with Crippen LogP contribution in [0.5, 0.6) is 0 Å². The lowest BCUT2D eigenvalue weighted by Gasteiger charge is -2.17. The topological polar surface area (TPSA) is 44.4 Å². The second kappa shape index (κ2) is 8.69. The first-order chi connectivity index (χ1) is 15.2. The number of hydrogen-bond acceptors (Lipinski definition) is 3. The van der Waals surface area contributed by atoms with Crippen LogP contribution in [0.25, 0.3) is 11.3 Å². The van der Waals surface area contributed by atoms with Crippen LogP contribution in [0.4, 0.5) is 11.4 Å². The predicted octanol–water partition coefficient (Wildman–Crippen LogP) is 5.98. The Morgan fingerprint density at radius 1 is 0.968 bits per heavy atom. The van der Waals surface area contributed by atoms with E-state index < -0.39 is 0 Å². The number of nitrogens with one attached hydrogen (secondary N) is 2. The van der Waals surface area contributed by atoms with Crippen molar-refractivity contribution in [3.05, 3.63) is 94.0 Å². The van der Waals surface area contributed by atoms with E-state index in [1.807, 2.05) is 48.5 Å². The first-order valence-corrected chi connectivity index (χ1v) is 11.5. The largest absolute Gasteiger partial charge is 0.354 e. The number of carbonyl (C=O) groups is 1. The van der Waals surface area contributed by atoms with Crippen molar-refractivity contribution < 1.29 is 4.79 Å². The first kappa shape index (κ1) is 20.0. The summed E-state index contributed by atoms with van der Waals surface area (Å²) in [7, 11) is 0. The standard InChI is InChI=1S/C26H24BrN3O/c27-20-10-13-22-23(16-20)29-26(31)24(22)25(19-6-2-1-3-7-19)28-21-11-8-18(9-12-21)17-30-14-4-5-15-30/h1-3,6-13,16,28H,4-5,14-15,17H2,(H,29,31). The van der Waals surface area contributed by atoms with E-state index in [4.69, 9.17) is 0 Å². The van der Waals surface area contributed by atoms with Crippen LogP contribution in [0, 0.1) is 0 Å². The second-order valence-corrected chi connectivity index (χ2v) is 8.98. The monoisotopic (exact) mass is 473 g/mol. The molecule has 0 spiro atoms. The van der Waals surface area contributed by atoms with Gasteiger partial charge in [-0.05, 0) is 61.3 Å². The van der Waals surface area contributed by atoms with Gasteiger partial charge in [0.15, 0.2) is 0 Å². The third-order valence-corrected chi connectivity index (χ3v) is 6.36. The Balaban J connectivity index is 1.50. The number of carbonyl (C=O) groups excluding carboxylic acids is 1. The van der Waals surface area contributed by atoms with Gasteiger partial charge in [-0.25, -0.2) is 0 Å². The van der Waals surface area contributed by atoms with Crippen molar-refractivity contribution in [1.29, 1.82) is 0 Å². The SMILES string of the molecule is O=C1Nc2cc(Br)ccc2C1=C(Nc1ccc(CN2CCCC2)cc1)c1ccccc1. The van der Waals surface area contributed by atoms with Crippen molar-refractivity contribution in [2.24, 2.45) is 0 Å². The zero-order valence-corrected chi connectivity index (χ0v) is 18.8. The molecule has 0 bridgehead atoms. The molecule has 5 heteroatoms. The first-order valence-electron chi connectivity index (χ1n) is 10.7. The summed E-state index contributed by atoms with van der Waals surface area (Å²) in [5.74, 6) is -0.0925. The Hall–Kier alpha value is -2.89. The average Bonchev–Trinajstić information content (AvgIpc) is 3.40. The molecule has 0 aromatic heterocycles. The minimum atomic E-state index is -0.0925. The Bertz CT molecular complexity index is 1130. The van der Waals surface area contributed by atoms with Crippen LogP contribution in [0.15, 0.2) is 77.3 Å². The van der Waals surface area contributed by atoms with Gasteiger partial charge in [0.2, 0.25) is 0 Å². The number of hydrogen-bond donors (Lipinski definition) is 2. The third kappa shape index (κ3) is 4.29. The Kier molecular flexibility index (Phi) is 5.62. The van der Waals surface area contributed by atoms with Gasteiger partial charge >= 0.3 is 0 Å². The number of rotatable bonds is 5. The fraction of sp³-hybridized carbons (Fsp3) is 0.192. The van der Waals surface area contributed by atoms with Gasteiger partial charge in [-0.15, -0.1) is 0 Å². The van der Waals surface area contributed by atoms with Gasteiger partial charge < -0.3 is 10.6 Å². The number of fused-ring (bicyclic) bond motifs is 1. The van der Waals surface area contributed by atoms with Gasteiger partial charge in [0.25, 0.3) is 5.91 Å². The molecule has 1 fully saturated rings. The van der Waals surface area contributed by atoms with Gasteiger partial charge in [-0.1, -0.05) is 64.5 Å². The van der Waals surface area contributed by atoms with Gasteiger partial charge in [-0.2, -0.15) is 0 Å². The summed E-state index contributed by atoms with van der Waals surface area (Å²) in [4.78, 5) is 15.5. The molecule has 2 heterocycles. The molecule has 0 atom stereocenters. The summed E-state index contributed by atoms with van der Waals surface area (Å²) < 4.78 is 0.940. The lowest BCUT2D eigenvalue weighted by atomic mass is 10.00. The third-order valence-electron chi connectivity index (χ3n) is 5.87. The molecule has 2 aliphatic heterocycles. The number of anilines is 2. The van der Waals surface area contributed by atoms with Crippen LogP contribution >= 0.6 is 15.9 Å². The lowest BCUT2D eigenvalue weighted by Crippen LogP contribution is -2.18. The summed E-state index contributed by atoms with van der Waals surface area (Å²) in [6, 6.07) is 24.5. The van der Waals surface area contributed by atoms with Gasteiger partial charge in [0, 0.05) is 22.3 Å². The fourth-order valence-corrected chi connectivity index (χ4v) is 4.67. The summed E-state index contributed by atoms with van der Waals surface area (Å²) in [6.45, 7) is 3.38. The molecule has 0 unspecified atom stereocenters. The molecule has 3 aromatic rings. The Morgan fingerprint density at radius 2 is 1.71 bits per heavy atom. The molecule has 2 N–H and O–H groups in total. The Morgan fingerprint density at radius 3 is 2.45 bits per heavy atom. The minimum Gasteiger partial charge on any atom is -0.354 e. The molecule has 156 valence electrons. The molecule has 1 amide bonds. The van der Waals surface area contributed by atoms with E-state index in [0.29, 0.717) is 5.57 Å². The lowest BCUT2D eigenvalue weighted by molar-refractivity contribution is -0.110. The number of halogens is 1. The van der Waals surface area contributed by atoms with Crippen LogP contribution in [0.3, 0.4) is 0 Å². The number of nitrogens with zero attached hydrogens (tertiary/aromatic N) is 1. The van der Waals surface area contributed by atoms with E-state index in [1.165, 1.54) is 31.5 Å². The maximum absolute atomic E-state index is 13.0. The Labute approximate surface area is 191 Å². The van der Waals surface area contributed by atoms with Gasteiger partial charge in [0.05, 0.1) is 17.0 Å². The number of likely N-dealkylation sites (tertiary alicyclic amines) is 1. The maximum Gasteiger partial charge on any atom is 0.258 e. The van der Waals surface area contributed by atoms with E-state index in [0.717, 1.165) is 39.2 Å². The summed E-state index contributed by atoms with van der Waals surface area (Å²) in [5, 5.41) is 6.54. The van der Waals surface area contributed by atoms with Gasteiger partial charge in [0.1, 0.15) is 0 Å². The van der Waals surface area contributed by atoms with Crippen LogP contribution in [-0.4, -0.2) is 23.9 Å². The van der Waals surface area contributed by atoms with E-state index >= 15 is 0 Å². The molecule has 2 aliphatic rings. The van der Waals surface area contributed by atoms with Gasteiger partial charge in [-0.3, -0.25) is 9.69 Å². The highest BCUT2D eigenvalue weighted by molar-refractivity contribution is 9.10. The molecule has 1 saturated heterocycles. The van der Waals surface area contributed by atoms with Crippen molar-refractivity contribution in [3.63, 3.8) is 0 Å². The molecule has 4 nitrogen and oxygen atoms in total. The van der Waals surface area contributed by atoms with E-state index in [1.54, 1.807) is 0 Å².